The van der Waals surface area contributed by atoms with Crippen LogP contribution in [0.25, 0.3) is 10.9 Å². The third-order valence-corrected chi connectivity index (χ3v) is 6.23. The molecule has 0 radical (unpaired) electrons. The number of nitrogens with zero attached hydrogens (tertiary/aromatic N) is 1. The van der Waals surface area contributed by atoms with Gasteiger partial charge in [-0.3, -0.25) is 4.79 Å². The third-order valence-electron chi connectivity index (χ3n) is 4.96. The van der Waals surface area contributed by atoms with Gasteiger partial charge in [-0.1, -0.05) is 60.6 Å². The van der Waals surface area contributed by atoms with Crippen LogP contribution < -0.4 is 0 Å². The van der Waals surface area contributed by atoms with E-state index in [0.29, 0.717) is 18.3 Å². The molecule has 156 valence electrons. The zero-order valence-corrected chi connectivity index (χ0v) is 19.8. The summed E-state index contributed by atoms with van der Waals surface area (Å²) in [6.07, 6.45) is 0.527. The first-order valence-electron chi connectivity index (χ1n) is 10.3. The molecule has 2 aromatic rings. The smallest absolute Gasteiger partial charge is 0.309 e. The van der Waals surface area contributed by atoms with E-state index < -0.39 is 11.4 Å². The number of hydrogen-bond donors (Lipinski definition) is 1. The Morgan fingerprint density at radius 1 is 1.11 bits per heavy atom. The topological polar surface area (TPSA) is 42.2 Å². The quantitative estimate of drug-likeness (QED) is 0.508. The largest absolute Gasteiger partial charge is 0.481 e. The number of carbonyl (C=O) groups is 1. The van der Waals surface area contributed by atoms with Gasteiger partial charge in [0.25, 0.3) is 0 Å². The number of aliphatic carboxylic acids is 1. The molecule has 0 amide bonds. The van der Waals surface area contributed by atoms with Gasteiger partial charge in [-0.2, -0.15) is 0 Å². The first-order chi connectivity index (χ1) is 12.7. The van der Waals surface area contributed by atoms with Crippen LogP contribution in [0.15, 0.2) is 23.1 Å². The van der Waals surface area contributed by atoms with Gasteiger partial charge in [0.15, 0.2) is 0 Å². The van der Waals surface area contributed by atoms with Gasteiger partial charge in [0.2, 0.25) is 0 Å². The Bertz CT molecular complexity index is 854. The molecule has 1 heterocycles. The maximum absolute atomic E-state index is 11.9. The van der Waals surface area contributed by atoms with Crippen molar-refractivity contribution >= 4 is 28.6 Å². The molecule has 2 rings (SSSR count). The van der Waals surface area contributed by atoms with E-state index in [1.165, 1.54) is 21.4 Å². The van der Waals surface area contributed by atoms with Crippen LogP contribution in [0.4, 0.5) is 0 Å². The Morgan fingerprint density at radius 2 is 1.71 bits per heavy atom. The molecule has 0 spiro atoms. The Balaban J connectivity index is 2.82. The number of fused-ring (bicyclic) bond motifs is 1. The Labute approximate surface area is 174 Å². The highest BCUT2D eigenvalue weighted by atomic mass is 32.2. The highest BCUT2D eigenvalue weighted by Gasteiger charge is 2.32. The number of carboxylic acid groups (broad SMARTS) is 1. The average Bonchev–Trinajstić information content (AvgIpc) is 2.78. The van der Waals surface area contributed by atoms with Crippen LogP contribution in [0.3, 0.4) is 0 Å². The highest BCUT2D eigenvalue weighted by Crippen LogP contribution is 2.43. The molecule has 1 aromatic heterocycles. The number of benzene rings is 1. The molecule has 0 unspecified atom stereocenters. The normalized spacial score (nSPS) is 13.1. The van der Waals surface area contributed by atoms with Crippen LogP contribution in [0, 0.1) is 11.3 Å². The van der Waals surface area contributed by atoms with Gasteiger partial charge < -0.3 is 9.67 Å². The highest BCUT2D eigenvalue weighted by molar-refractivity contribution is 8.00. The lowest BCUT2D eigenvalue weighted by Gasteiger charge is -2.24. The number of hydrogen-bond acceptors (Lipinski definition) is 2. The van der Waals surface area contributed by atoms with Crippen molar-refractivity contribution in [2.24, 2.45) is 11.3 Å². The second-order valence-electron chi connectivity index (χ2n) is 10.3. The van der Waals surface area contributed by atoms with Crippen LogP contribution in [0.1, 0.15) is 79.5 Å². The minimum Gasteiger partial charge on any atom is -0.481 e. The van der Waals surface area contributed by atoms with Crippen LogP contribution in [0.2, 0.25) is 0 Å². The fourth-order valence-electron chi connectivity index (χ4n) is 3.41. The van der Waals surface area contributed by atoms with Crippen LogP contribution in [0.5, 0.6) is 0 Å². The molecule has 1 aromatic carbocycles. The molecule has 4 heteroatoms. The van der Waals surface area contributed by atoms with Crippen LogP contribution in [-0.4, -0.2) is 20.4 Å². The van der Waals surface area contributed by atoms with E-state index in [9.17, 15) is 9.90 Å². The fourth-order valence-corrected chi connectivity index (χ4v) is 4.61. The molecule has 0 aliphatic carbocycles. The molecule has 0 aliphatic rings. The summed E-state index contributed by atoms with van der Waals surface area (Å²) < 4.78 is 2.44. The fraction of sp³-hybridized carbons (Fsp3) is 0.625. The molecule has 3 nitrogen and oxygen atoms in total. The van der Waals surface area contributed by atoms with Crippen molar-refractivity contribution in [1.82, 2.24) is 4.57 Å². The molecular formula is C24H37NO2S. The van der Waals surface area contributed by atoms with Gasteiger partial charge in [0.1, 0.15) is 0 Å². The molecule has 0 fully saturated rings. The van der Waals surface area contributed by atoms with E-state index >= 15 is 0 Å². The van der Waals surface area contributed by atoms with Gasteiger partial charge in [0, 0.05) is 39.2 Å². The monoisotopic (exact) mass is 403 g/mol. The van der Waals surface area contributed by atoms with E-state index in [0.717, 1.165) is 12.2 Å². The number of rotatable bonds is 7. The molecule has 28 heavy (non-hydrogen) atoms. The van der Waals surface area contributed by atoms with E-state index in [4.69, 9.17) is 0 Å². The summed E-state index contributed by atoms with van der Waals surface area (Å²) in [6, 6.07) is 6.78. The van der Waals surface area contributed by atoms with Gasteiger partial charge in [0.05, 0.1) is 5.41 Å². The zero-order chi connectivity index (χ0) is 21.4. The number of aromatic nitrogens is 1. The summed E-state index contributed by atoms with van der Waals surface area (Å²) >= 11 is 1.86. The second-order valence-corrected chi connectivity index (χ2v) is 12.1. The lowest BCUT2D eigenvalue weighted by atomic mass is 9.88. The average molecular weight is 404 g/mol. The molecule has 1 N–H and O–H groups in total. The standard InChI is InChI=1S/C24H37NO2S/c1-15(2)14-25-19-12-17(16(3)4)10-11-18(19)21(28-23(5,6)7)20(25)13-24(8,9)22(26)27/h10-12,15-16H,13-14H2,1-9H3,(H,26,27). The minimum atomic E-state index is -0.808. The summed E-state index contributed by atoms with van der Waals surface area (Å²) in [7, 11) is 0. The first-order valence-corrected chi connectivity index (χ1v) is 11.1. The van der Waals surface area contributed by atoms with Crippen molar-refractivity contribution in [3.05, 3.63) is 29.5 Å². The Hall–Kier alpha value is -1.42. The van der Waals surface area contributed by atoms with Crippen molar-refractivity contribution in [2.45, 2.75) is 90.8 Å². The second kappa shape index (κ2) is 8.14. The maximum atomic E-state index is 11.9. The summed E-state index contributed by atoms with van der Waals surface area (Å²) in [5, 5.41) is 11.0. The molecule has 0 bridgehead atoms. The number of carboxylic acids is 1. The van der Waals surface area contributed by atoms with E-state index in [1.54, 1.807) is 0 Å². The van der Waals surface area contributed by atoms with Gasteiger partial charge in [-0.25, -0.2) is 0 Å². The Kier molecular flexibility index (Phi) is 6.65. The zero-order valence-electron chi connectivity index (χ0n) is 19.0. The van der Waals surface area contributed by atoms with E-state index in [2.05, 4.69) is 71.2 Å². The lowest BCUT2D eigenvalue weighted by Crippen LogP contribution is -2.28. The van der Waals surface area contributed by atoms with Crippen molar-refractivity contribution in [3.8, 4) is 0 Å². The van der Waals surface area contributed by atoms with Crippen molar-refractivity contribution in [1.29, 1.82) is 0 Å². The molecule has 0 saturated carbocycles. The number of thioether (sulfide) groups is 1. The maximum Gasteiger partial charge on any atom is 0.309 e. The molecule has 0 atom stereocenters. The third kappa shape index (κ3) is 5.14. The van der Waals surface area contributed by atoms with Crippen LogP contribution in [-0.2, 0) is 17.8 Å². The summed E-state index contributed by atoms with van der Waals surface area (Å²) in [4.78, 5) is 13.1. The molecule has 0 saturated heterocycles. The van der Waals surface area contributed by atoms with Crippen molar-refractivity contribution < 1.29 is 9.90 Å². The SMILES string of the molecule is CC(C)Cn1c(CC(C)(C)C(=O)O)c(SC(C)(C)C)c2ccc(C(C)C)cc21. The first kappa shape index (κ1) is 22.9. The van der Waals surface area contributed by atoms with Gasteiger partial charge in [-0.15, -0.1) is 11.8 Å². The van der Waals surface area contributed by atoms with Gasteiger partial charge in [-0.05, 0) is 37.3 Å². The summed E-state index contributed by atoms with van der Waals surface area (Å²) in [5.74, 6) is 0.199. The lowest BCUT2D eigenvalue weighted by molar-refractivity contribution is -0.146. The van der Waals surface area contributed by atoms with Gasteiger partial charge >= 0.3 is 5.97 Å². The predicted molar refractivity (Wildman–Crippen MR) is 122 cm³/mol. The van der Waals surface area contributed by atoms with Crippen molar-refractivity contribution in [3.63, 3.8) is 0 Å². The minimum absolute atomic E-state index is 0.0514. The predicted octanol–water partition coefficient (Wildman–Crippen LogP) is 6.96. The molecular weight excluding hydrogens is 366 g/mol. The summed E-state index contributed by atoms with van der Waals surface area (Å²) in [5.41, 5.74) is 2.92. The Morgan fingerprint density at radius 3 is 2.18 bits per heavy atom. The summed E-state index contributed by atoms with van der Waals surface area (Å²) in [6.45, 7) is 20.1. The van der Waals surface area contributed by atoms with E-state index in [1.807, 2.05) is 25.6 Å². The van der Waals surface area contributed by atoms with Crippen LogP contribution >= 0.6 is 11.8 Å². The van der Waals surface area contributed by atoms with E-state index in [-0.39, 0.29) is 4.75 Å². The molecule has 0 aliphatic heterocycles. The van der Waals surface area contributed by atoms with Crippen molar-refractivity contribution in [2.75, 3.05) is 0 Å².